The van der Waals surface area contributed by atoms with Crippen molar-refractivity contribution >= 4 is 32.2 Å². The van der Waals surface area contributed by atoms with Gasteiger partial charge in [-0.05, 0) is 73.6 Å². The minimum absolute atomic E-state index is 0.108. The van der Waals surface area contributed by atoms with Gasteiger partial charge >= 0.3 is 0 Å². The van der Waals surface area contributed by atoms with Gasteiger partial charge in [0, 0.05) is 12.2 Å². The van der Waals surface area contributed by atoms with Crippen molar-refractivity contribution in [1.82, 2.24) is 4.98 Å². The zero-order valence-corrected chi connectivity index (χ0v) is 21.7. The number of benzene rings is 2. The summed E-state index contributed by atoms with van der Waals surface area (Å²) in [5, 5.41) is 4.39. The van der Waals surface area contributed by atoms with Crippen LogP contribution in [0, 0.1) is 12.8 Å². The van der Waals surface area contributed by atoms with Gasteiger partial charge in [-0.2, -0.15) is 0 Å². The van der Waals surface area contributed by atoms with E-state index in [1.807, 2.05) is 25.1 Å². The SMILES string of the molecule is CCc1ccc(NS(=O)(=O)c2cc(-c3sc(NCC4CCCCC4)nc3C)ccc2OC)cc1. The fourth-order valence-corrected chi connectivity index (χ4v) is 6.63. The Bertz CT molecular complexity index is 1210. The molecule has 0 aliphatic heterocycles. The standard InChI is InChI=1S/C26H33N3O3S2/c1-4-19-10-13-22(14-11-19)29-34(30,31)24-16-21(12-15-23(24)32-3)25-18(2)28-26(33-25)27-17-20-8-6-5-7-9-20/h10-16,20,29H,4-9,17H2,1-3H3,(H,27,28). The first-order valence-corrected chi connectivity index (χ1v) is 14.2. The van der Waals surface area contributed by atoms with Crippen LogP contribution in [0.1, 0.15) is 50.3 Å². The van der Waals surface area contributed by atoms with E-state index in [2.05, 4.69) is 17.0 Å². The Morgan fingerprint density at radius 3 is 2.50 bits per heavy atom. The summed E-state index contributed by atoms with van der Waals surface area (Å²) in [6, 6.07) is 12.7. The van der Waals surface area contributed by atoms with E-state index in [0.29, 0.717) is 17.4 Å². The van der Waals surface area contributed by atoms with Crippen LogP contribution in [0.2, 0.25) is 0 Å². The van der Waals surface area contributed by atoms with Gasteiger partial charge < -0.3 is 10.1 Å². The van der Waals surface area contributed by atoms with E-state index in [4.69, 9.17) is 9.72 Å². The van der Waals surface area contributed by atoms with Gasteiger partial charge in [0.05, 0.1) is 17.7 Å². The van der Waals surface area contributed by atoms with Crippen LogP contribution in [-0.2, 0) is 16.4 Å². The topological polar surface area (TPSA) is 80.3 Å². The predicted molar refractivity (Wildman–Crippen MR) is 141 cm³/mol. The number of nitrogens with zero attached hydrogens (tertiary/aromatic N) is 1. The van der Waals surface area contributed by atoms with E-state index in [1.165, 1.54) is 39.2 Å². The first-order chi connectivity index (χ1) is 16.4. The predicted octanol–water partition coefficient (Wildman–Crippen LogP) is 6.48. The first kappa shape index (κ1) is 24.5. The van der Waals surface area contributed by atoms with Crippen molar-refractivity contribution in [2.75, 3.05) is 23.7 Å². The monoisotopic (exact) mass is 499 g/mol. The molecule has 3 aromatic rings. The van der Waals surface area contributed by atoms with Crippen molar-refractivity contribution in [1.29, 1.82) is 0 Å². The molecule has 1 aliphatic rings. The molecule has 0 radical (unpaired) electrons. The van der Waals surface area contributed by atoms with Gasteiger partial charge in [0.2, 0.25) is 0 Å². The van der Waals surface area contributed by atoms with Gasteiger partial charge in [0.15, 0.2) is 5.13 Å². The molecule has 1 saturated carbocycles. The highest BCUT2D eigenvalue weighted by Gasteiger charge is 2.22. The summed E-state index contributed by atoms with van der Waals surface area (Å²) < 4.78 is 34.6. The number of anilines is 2. The van der Waals surface area contributed by atoms with Gasteiger partial charge in [-0.25, -0.2) is 13.4 Å². The molecule has 0 unspecified atom stereocenters. The van der Waals surface area contributed by atoms with Gasteiger partial charge in [-0.15, -0.1) is 0 Å². The Kier molecular flexibility index (Phi) is 7.78. The summed E-state index contributed by atoms with van der Waals surface area (Å²) in [6.45, 7) is 4.97. The van der Waals surface area contributed by atoms with E-state index < -0.39 is 10.0 Å². The number of thiazole rings is 1. The zero-order valence-electron chi connectivity index (χ0n) is 20.1. The van der Waals surface area contributed by atoms with Crippen molar-refractivity contribution < 1.29 is 13.2 Å². The number of methoxy groups -OCH3 is 1. The molecule has 8 heteroatoms. The van der Waals surface area contributed by atoms with E-state index >= 15 is 0 Å². The lowest BCUT2D eigenvalue weighted by atomic mass is 9.89. The lowest BCUT2D eigenvalue weighted by molar-refractivity contribution is 0.373. The molecule has 0 atom stereocenters. The molecule has 1 fully saturated rings. The second-order valence-corrected chi connectivity index (χ2v) is 11.5. The van der Waals surface area contributed by atoms with Crippen LogP contribution >= 0.6 is 11.3 Å². The molecule has 34 heavy (non-hydrogen) atoms. The summed E-state index contributed by atoms with van der Waals surface area (Å²) in [5.41, 5.74) is 3.36. The van der Waals surface area contributed by atoms with Crippen molar-refractivity contribution in [3.8, 4) is 16.2 Å². The molecule has 2 N–H and O–H groups in total. The van der Waals surface area contributed by atoms with Crippen molar-refractivity contribution in [3.05, 3.63) is 53.7 Å². The van der Waals surface area contributed by atoms with Crippen LogP contribution in [0.15, 0.2) is 47.4 Å². The first-order valence-electron chi connectivity index (χ1n) is 11.9. The molecule has 2 aromatic carbocycles. The number of hydrogen-bond acceptors (Lipinski definition) is 6. The van der Waals surface area contributed by atoms with Gasteiger partial charge in [-0.1, -0.05) is 49.7 Å². The van der Waals surface area contributed by atoms with Gasteiger partial charge in [-0.3, -0.25) is 4.72 Å². The maximum Gasteiger partial charge on any atom is 0.265 e. The number of aromatic nitrogens is 1. The Morgan fingerprint density at radius 2 is 1.82 bits per heavy atom. The molecule has 0 spiro atoms. The molecule has 1 heterocycles. The smallest absolute Gasteiger partial charge is 0.265 e. The number of nitrogens with one attached hydrogen (secondary N) is 2. The largest absolute Gasteiger partial charge is 0.495 e. The number of rotatable bonds is 9. The van der Waals surface area contributed by atoms with Crippen LogP contribution < -0.4 is 14.8 Å². The normalized spacial score (nSPS) is 14.7. The second kappa shape index (κ2) is 10.8. The molecule has 0 bridgehead atoms. The minimum atomic E-state index is -3.84. The molecular weight excluding hydrogens is 466 g/mol. The molecule has 0 saturated heterocycles. The molecule has 1 aliphatic carbocycles. The summed E-state index contributed by atoms with van der Waals surface area (Å²) in [4.78, 5) is 5.76. The minimum Gasteiger partial charge on any atom is -0.495 e. The Morgan fingerprint density at radius 1 is 1.09 bits per heavy atom. The summed E-state index contributed by atoms with van der Waals surface area (Å²) in [5.74, 6) is 1.01. The number of hydrogen-bond donors (Lipinski definition) is 2. The fraction of sp³-hybridized carbons (Fsp3) is 0.423. The Labute approximate surface area is 206 Å². The lowest BCUT2D eigenvalue weighted by Gasteiger charge is -2.21. The molecule has 182 valence electrons. The van der Waals surface area contributed by atoms with E-state index in [-0.39, 0.29) is 4.90 Å². The second-order valence-electron chi connectivity index (χ2n) is 8.84. The van der Waals surface area contributed by atoms with E-state index in [0.717, 1.165) is 39.8 Å². The van der Waals surface area contributed by atoms with Crippen molar-refractivity contribution in [3.63, 3.8) is 0 Å². The quantitative estimate of drug-likeness (QED) is 0.352. The van der Waals surface area contributed by atoms with Gasteiger partial charge in [0.25, 0.3) is 10.0 Å². The fourth-order valence-electron chi connectivity index (χ4n) is 4.41. The third-order valence-electron chi connectivity index (χ3n) is 6.39. The Balaban J connectivity index is 1.57. The van der Waals surface area contributed by atoms with Crippen molar-refractivity contribution in [2.45, 2.75) is 57.3 Å². The van der Waals surface area contributed by atoms with Gasteiger partial charge in [0.1, 0.15) is 10.6 Å². The molecular formula is C26H33N3O3S2. The third-order valence-corrected chi connectivity index (χ3v) is 8.96. The highest BCUT2D eigenvalue weighted by atomic mass is 32.2. The molecule has 4 rings (SSSR count). The molecule has 0 amide bonds. The number of sulfonamides is 1. The van der Waals surface area contributed by atoms with Crippen LogP contribution in [0.4, 0.5) is 10.8 Å². The summed E-state index contributed by atoms with van der Waals surface area (Å²) in [6.07, 6.45) is 7.42. The number of aryl methyl sites for hydroxylation is 2. The van der Waals surface area contributed by atoms with Crippen LogP contribution in [0.3, 0.4) is 0 Å². The van der Waals surface area contributed by atoms with Crippen LogP contribution in [0.25, 0.3) is 10.4 Å². The zero-order chi connectivity index (χ0) is 24.1. The van der Waals surface area contributed by atoms with E-state index in [9.17, 15) is 8.42 Å². The van der Waals surface area contributed by atoms with Crippen LogP contribution in [-0.4, -0.2) is 27.1 Å². The van der Waals surface area contributed by atoms with Crippen molar-refractivity contribution in [2.24, 2.45) is 5.92 Å². The maximum absolute atomic E-state index is 13.3. The average Bonchev–Trinajstić information content (AvgIpc) is 3.23. The lowest BCUT2D eigenvalue weighted by Crippen LogP contribution is -2.16. The van der Waals surface area contributed by atoms with E-state index in [1.54, 1.807) is 35.6 Å². The molecule has 1 aromatic heterocycles. The average molecular weight is 500 g/mol. The summed E-state index contributed by atoms with van der Waals surface area (Å²) >= 11 is 1.56. The number of ether oxygens (including phenoxy) is 1. The highest BCUT2D eigenvalue weighted by Crippen LogP contribution is 2.37. The highest BCUT2D eigenvalue weighted by molar-refractivity contribution is 7.92. The maximum atomic E-state index is 13.3. The summed E-state index contributed by atoms with van der Waals surface area (Å²) in [7, 11) is -2.36. The molecule has 6 nitrogen and oxygen atoms in total. The Hall–Kier alpha value is -2.58. The van der Waals surface area contributed by atoms with Crippen LogP contribution in [0.5, 0.6) is 5.75 Å². The third kappa shape index (κ3) is 5.73.